The van der Waals surface area contributed by atoms with Gasteiger partial charge in [0, 0.05) is 17.3 Å². The van der Waals surface area contributed by atoms with E-state index in [1.807, 2.05) is 0 Å². The van der Waals surface area contributed by atoms with Crippen LogP contribution in [0.5, 0.6) is 0 Å². The van der Waals surface area contributed by atoms with E-state index in [-0.39, 0.29) is 11.1 Å². The van der Waals surface area contributed by atoms with Crippen molar-refractivity contribution in [2.45, 2.75) is 6.18 Å². The topological polar surface area (TPSA) is 12.9 Å². The van der Waals surface area contributed by atoms with Crippen molar-refractivity contribution in [3.63, 3.8) is 0 Å². The molecule has 0 spiro atoms. The predicted octanol–water partition coefficient (Wildman–Crippen LogP) is 4.05. The van der Waals surface area contributed by atoms with Gasteiger partial charge in [0.25, 0.3) is 0 Å². The van der Waals surface area contributed by atoms with Crippen LogP contribution in [-0.2, 0) is 6.18 Å². The molecule has 0 aliphatic heterocycles. The average molecular weight is 259 g/mol. The number of alkyl halides is 3. The first-order valence-corrected chi connectivity index (χ1v) is 4.87. The van der Waals surface area contributed by atoms with Crippen LogP contribution in [0.2, 0.25) is 0 Å². The minimum Gasteiger partial charge on any atom is -0.227 e. The molecule has 0 saturated carbocycles. The van der Waals surface area contributed by atoms with Crippen molar-refractivity contribution in [2.24, 2.45) is 0 Å². The Morgan fingerprint density at radius 1 is 1.00 bits per heavy atom. The molecular weight excluding hydrogens is 253 g/mol. The van der Waals surface area contributed by atoms with Crippen LogP contribution in [0.3, 0.4) is 0 Å². The van der Waals surface area contributed by atoms with Crippen molar-refractivity contribution in [2.75, 3.05) is 0 Å². The number of hydrogen-bond acceptors (Lipinski definition) is 1. The molecule has 2 rings (SSSR count). The highest BCUT2D eigenvalue weighted by atomic mass is 19.4. The Kier molecular flexibility index (Phi) is 3.02. The van der Waals surface area contributed by atoms with E-state index in [0.29, 0.717) is 6.07 Å². The van der Waals surface area contributed by atoms with E-state index in [2.05, 4.69) is 4.98 Å². The maximum absolute atomic E-state index is 13.4. The maximum atomic E-state index is 13.4. The number of halogens is 5. The van der Waals surface area contributed by atoms with Gasteiger partial charge in [0.2, 0.25) is 5.95 Å². The van der Waals surface area contributed by atoms with Crippen LogP contribution in [-0.4, -0.2) is 4.98 Å². The van der Waals surface area contributed by atoms with E-state index in [0.717, 1.165) is 12.3 Å². The second-order valence-electron chi connectivity index (χ2n) is 3.54. The molecule has 0 fully saturated rings. The van der Waals surface area contributed by atoms with Gasteiger partial charge in [0.15, 0.2) is 0 Å². The lowest BCUT2D eigenvalue weighted by Gasteiger charge is -2.09. The van der Waals surface area contributed by atoms with Gasteiger partial charge in [0.05, 0.1) is 0 Å². The number of nitrogens with zero attached hydrogens (tertiary/aromatic N) is 1. The zero-order valence-electron chi connectivity index (χ0n) is 8.80. The van der Waals surface area contributed by atoms with Gasteiger partial charge in [-0.3, -0.25) is 0 Å². The second kappa shape index (κ2) is 4.36. The highest BCUT2D eigenvalue weighted by Gasteiger charge is 2.35. The van der Waals surface area contributed by atoms with Gasteiger partial charge in [-0.15, -0.1) is 0 Å². The smallest absolute Gasteiger partial charge is 0.227 e. The summed E-state index contributed by atoms with van der Waals surface area (Å²) in [5, 5.41) is 0. The van der Waals surface area contributed by atoms with Crippen molar-refractivity contribution in [3.05, 3.63) is 53.9 Å². The molecule has 1 aromatic carbocycles. The van der Waals surface area contributed by atoms with Crippen LogP contribution in [0.15, 0.2) is 36.5 Å². The molecule has 0 aliphatic rings. The van der Waals surface area contributed by atoms with Gasteiger partial charge in [-0.2, -0.15) is 17.6 Å². The zero-order chi connectivity index (χ0) is 13.3. The fraction of sp³-hybridized carbons (Fsp3) is 0.0833. The van der Waals surface area contributed by atoms with E-state index in [4.69, 9.17) is 0 Å². The van der Waals surface area contributed by atoms with Gasteiger partial charge in [-0.25, -0.2) is 9.37 Å². The van der Waals surface area contributed by atoms with Crippen molar-refractivity contribution >= 4 is 0 Å². The summed E-state index contributed by atoms with van der Waals surface area (Å²) in [7, 11) is 0. The summed E-state index contributed by atoms with van der Waals surface area (Å²) in [5.41, 5.74) is -1.69. The number of pyridine rings is 1. The van der Waals surface area contributed by atoms with Gasteiger partial charge in [-0.1, -0.05) is 18.2 Å². The largest absolute Gasteiger partial charge is 0.420 e. The van der Waals surface area contributed by atoms with E-state index in [1.54, 1.807) is 0 Å². The maximum Gasteiger partial charge on any atom is 0.420 e. The Labute approximate surface area is 98.9 Å². The molecular formula is C12H6F5N. The number of rotatable bonds is 1. The van der Waals surface area contributed by atoms with Crippen LogP contribution in [0.25, 0.3) is 11.1 Å². The molecule has 1 heterocycles. The average Bonchev–Trinajstić information content (AvgIpc) is 2.29. The molecule has 0 N–H and O–H groups in total. The molecule has 2 aromatic rings. The lowest BCUT2D eigenvalue weighted by Crippen LogP contribution is -2.09. The molecule has 1 nitrogen and oxygen atoms in total. The summed E-state index contributed by atoms with van der Waals surface area (Å²) in [6.45, 7) is 0. The monoisotopic (exact) mass is 259 g/mol. The standard InChI is InChI=1S/C12H6F5N/c13-10-4-2-1-3-8(10)7-5-9(12(15,16)17)11(14)18-6-7/h1-6H. The highest BCUT2D eigenvalue weighted by Crippen LogP contribution is 2.33. The van der Waals surface area contributed by atoms with Crippen molar-refractivity contribution in [3.8, 4) is 11.1 Å². The summed E-state index contributed by atoms with van der Waals surface area (Å²) >= 11 is 0. The van der Waals surface area contributed by atoms with Gasteiger partial charge >= 0.3 is 6.18 Å². The van der Waals surface area contributed by atoms with Gasteiger partial charge in [-0.05, 0) is 12.1 Å². The molecule has 0 saturated heterocycles. The summed E-state index contributed by atoms with van der Waals surface area (Å²) in [5.74, 6) is -2.32. The van der Waals surface area contributed by atoms with E-state index in [9.17, 15) is 22.0 Å². The van der Waals surface area contributed by atoms with E-state index >= 15 is 0 Å². The first-order valence-electron chi connectivity index (χ1n) is 4.87. The Balaban J connectivity index is 2.58. The summed E-state index contributed by atoms with van der Waals surface area (Å²) < 4.78 is 63.8. The Morgan fingerprint density at radius 2 is 1.67 bits per heavy atom. The first-order chi connectivity index (χ1) is 8.39. The molecule has 0 bridgehead atoms. The quantitative estimate of drug-likeness (QED) is 0.556. The fourth-order valence-corrected chi connectivity index (χ4v) is 1.49. The Morgan fingerprint density at radius 3 is 2.28 bits per heavy atom. The van der Waals surface area contributed by atoms with Crippen LogP contribution in [0.4, 0.5) is 22.0 Å². The minimum atomic E-state index is -4.86. The molecule has 6 heteroatoms. The number of aromatic nitrogens is 1. The summed E-state index contributed by atoms with van der Waals surface area (Å²) in [6.07, 6.45) is -4.00. The molecule has 18 heavy (non-hydrogen) atoms. The van der Waals surface area contributed by atoms with E-state index < -0.39 is 23.5 Å². The van der Waals surface area contributed by atoms with Crippen molar-refractivity contribution < 1.29 is 22.0 Å². The third-order valence-corrected chi connectivity index (χ3v) is 2.33. The normalized spacial score (nSPS) is 11.6. The predicted molar refractivity (Wildman–Crippen MR) is 54.6 cm³/mol. The lowest BCUT2D eigenvalue weighted by molar-refractivity contribution is -0.140. The number of benzene rings is 1. The van der Waals surface area contributed by atoms with Crippen molar-refractivity contribution in [1.29, 1.82) is 0 Å². The first kappa shape index (κ1) is 12.5. The van der Waals surface area contributed by atoms with Crippen LogP contribution < -0.4 is 0 Å². The molecule has 0 unspecified atom stereocenters. The third kappa shape index (κ3) is 2.32. The van der Waals surface area contributed by atoms with Crippen LogP contribution in [0, 0.1) is 11.8 Å². The van der Waals surface area contributed by atoms with Crippen LogP contribution >= 0.6 is 0 Å². The number of hydrogen-bond donors (Lipinski definition) is 0. The van der Waals surface area contributed by atoms with Gasteiger partial charge in [0.1, 0.15) is 11.4 Å². The highest BCUT2D eigenvalue weighted by molar-refractivity contribution is 5.63. The second-order valence-corrected chi connectivity index (χ2v) is 3.54. The molecule has 1 aromatic heterocycles. The fourth-order valence-electron chi connectivity index (χ4n) is 1.49. The Hall–Kier alpha value is -1.98. The molecule has 0 amide bonds. The van der Waals surface area contributed by atoms with Gasteiger partial charge < -0.3 is 0 Å². The van der Waals surface area contributed by atoms with Crippen LogP contribution in [0.1, 0.15) is 5.56 Å². The molecule has 0 radical (unpaired) electrons. The summed E-state index contributed by atoms with van der Waals surface area (Å²) in [6, 6.07) is 5.81. The summed E-state index contributed by atoms with van der Waals surface area (Å²) in [4.78, 5) is 3.01. The van der Waals surface area contributed by atoms with E-state index in [1.165, 1.54) is 18.2 Å². The lowest BCUT2D eigenvalue weighted by atomic mass is 10.1. The van der Waals surface area contributed by atoms with Crippen molar-refractivity contribution in [1.82, 2.24) is 4.98 Å². The molecule has 0 atom stereocenters. The SMILES string of the molecule is Fc1ccccc1-c1cnc(F)c(C(F)(F)F)c1. The zero-order valence-corrected chi connectivity index (χ0v) is 8.80. The minimum absolute atomic E-state index is 0.0597. The molecule has 0 aliphatic carbocycles. The Bertz CT molecular complexity index is 577. The molecule has 94 valence electrons. The third-order valence-electron chi connectivity index (χ3n) is 2.33.